The number of aromatic amines is 1. The maximum absolute atomic E-state index is 14.9. The minimum absolute atomic E-state index is 0.174. The maximum Gasteiger partial charge on any atom is 0.322 e. The van der Waals surface area contributed by atoms with Crippen LogP contribution in [0.1, 0.15) is 7.79 Å². The van der Waals surface area contributed by atoms with E-state index in [-0.39, 0.29) is 23.5 Å². The molecule has 0 aliphatic carbocycles. The lowest BCUT2D eigenvalue weighted by atomic mass is 10.2. The van der Waals surface area contributed by atoms with Gasteiger partial charge >= 0.3 is 5.98 Å². The van der Waals surface area contributed by atoms with Crippen molar-refractivity contribution < 1.29 is 20.7 Å². The van der Waals surface area contributed by atoms with Gasteiger partial charge in [-0.25, -0.2) is 4.98 Å². The summed E-state index contributed by atoms with van der Waals surface area (Å²) >= 11 is 0. The number of halogens is 1. The van der Waals surface area contributed by atoms with Gasteiger partial charge in [-0.3, -0.25) is 14.3 Å². The molecule has 9 nitrogen and oxygen atoms in total. The monoisotopic (exact) mass is 286 g/mol. The number of ether oxygens (including phenoxy) is 1. The molecule has 108 valence electrons. The van der Waals surface area contributed by atoms with Crippen molar-refractivity contribution in [3.63, 3.8) is 0 Å². The Balaban J connectivity index is 2.14. The Morgan fingerprint density at radius 2 is 2.55 bits per heavy atom. The van der Waals surface area contributed by atoms with Gasteiger partial charge in [-0.1, -0.05) is 0 Å². The van der Waals surface area contributed by atoms with Crippen LogP contribution in [0.15, 0.2) is 11.1 Å². The first-order valence-electron chi connectivity index (χ1n) is 6.29. The van der Waals surface area contributed by atoms with Crippen LogP contribution in [0.25, 0.3) is 11.2 Å². The van der Waals surface area contributed by atoms with E-state index in [0.29, 0.717) is 0 Å². The number of hydrogen-bond donors (Lipinski definition) is 4. The number of nitrogen functional groups attached to an aromatic ring is 1. The van der Waals surface area contributed by atoms with Crippen LogP contribution in [0, 0.1) is 0 Å². The number of H-pyrrole nitrogens is 1. The van der Waals surface area contributed by atoms with E-state index in [1.807, 2.05) is 0 Å². The molecule has 0 amide bonds. The van der Waals surface area contributed by atoms with Crippen LogP contribution < -0.4 is 11.3 Å². The van der Waals surface area contributed by atoms with E-state index in [1.54, 1.807) is 0 Å². The van der Waals surface area contributed by atoms with E-state index >= 15 is 0 Å². The lowest BCUT2D eigenvalue weighted by molar-refractivity contribution is -0.235. The zero-order chi connectivity index (χ0) is 15.4. The van der Waals surface area contributed by atoms with Crippen LogP contribution in [-0.2, 0) is 10.7 Å². The standard InChI is InChI=1S/C10H12FN5O4/c11-10(5(18)1-4(2-17)20-10)16-3-13-6-7(16)14-9(12)15-8(6)19/h3-5,17-18H,1-2H2,(H3,12,14,15,19)/t4-,5+,10-/m0/s1/i2D/t2?,4-,5+,10-. The lowest BCUT2D eigenvalue weighted by Crippen LogP contribution is -2.38. The van der Waals surface area contributed by atoms with Gasteiger partial charge in [-0.2, -0.15) is 9.37 Å². The highest BCUT2D eigenvalue weighted by atomic mass is 19.2. The fourth-order valence-electron chi connectivity index (χ4n) is 2.16. The van der Waals surface area contributed by atoms with E-state index in [0.717, 1.165) is 10.9 Å². The van der Waals surface area contributed by atoms with Crippen LogP contribution in [0.3, 0.4) is 0 Å². The second kappa shape index (κ2) is 4.23. The number of rotatable bonds is 2. The van der Waals surface area contributed by atoms with Gasteiger partial charge in [0.15, 0.2) is 11.2 Å². The third-order valence-corrected chi connectivity index (χ3v) is 3.10. The lowest BCUT2D eigenvalue weighted by Gasteiger charge is -2.24. The van der Waals surface area contributed by atoms with Crippen molar-refractivity contribution in [2.75, 3.05) is 12.3 Å². The summed E-state index contributed by atoms with van der Waals surface area (Å²) in [7, 11) is 0. The Morgan fingerprint density at radius 3 is 3.20 bits per heavy atom. The number of nitrogens with two attached hydrogens (primary N) is 1. The van der Waals surface area contributed by atoms with Gasteiger partial charge in [0, 0.05) is 6.42 Å². The number of fused-ring (bicyclic) bond motifs is 1. The Kier molecular flexibility index (Phi) is 2.49. The molecule has 4 atom stereocenters. The number of nitrogens with one attached hydrogen (secondary N) is 1. The molecule has 3 rings (SSSR count). The van der Waals surface area contributed by atoms with Gasteiger partial charge in [-0.05, 0) is 0 Å². The Bertz CT molecular complexity index is 749. The third-order valence-electron chi connectivity index (χ3n) is 3.10. The molecule has 1 unspecified atom stereocenters. The SMILES string of the molecule is [2H]C(O)[C@@H]1C[C@@H](O)[C@](F)(n2cnc3c(=O)[nH]c(N)nc32)O1. The third kappa shape index (κ3) is 1.69. The Morgan fingerprint density at radius 1 is 1.80 bits per heavy atom. The molecule has 1 fully saturated rings. The summed E-state index contributed by atoms with van der Waals surface area (Å²) in [6.07, 6.45) is -2.24. The van der Waals surface area contributed by atoms with E-state index < -0.39 is 30.3 Å². The van der Waals surface area contributed by atoms with Gasteiger partial charge in [-0.15, -0.1) is 0 Å². The largest absolute Gasteiger partial charge is 0.394 e. The quantitative estimate of drug-likeness (QED) is 0.522. The summed E-state index contributed by atoms with van der Waals surface area (Å²) in [6.45, 7) is -1.71. The molecule has 10 heteroatoms. The van der Waals surface area contributed by atoms with Gasteiger partial charge in [0.1, 0.15) is 12.4 Å². The van der Waals surface area contributed by atoms with Crippen molar-refractivity contribution in [1.29, 1.82) is 0 Å². The maximum atomic E-state index is 14.9. The highest BCUT2D eigenvalue weighted by molar-refractivity contribution is 5.70. The van der Waals surface area contributed by atoms with Gasteiger partial charge < -0.3 is 20.7 Å². The van der Waals surface area contributed by atoms with Crippen LogP contribution in [0.2, 0.25) is 0 Å². The number of imidazole rings is 1. The fourth-order valence-corrected chi connectivity index (χ4v) is 2.16. The molecular formula is C10H12FN5O4. The predicted octanol–water partition coefficient (Wildman–Crippen LogP) is -1.58. The first kappa shape index (κ1) is 11.8. The molecule has 1 saturated heterocycles. The molecule has 0 radical (unpaired) electrons. The van der Waals surface area contributed by atoms with Crippen LogP contribution in [0.4, 0.5) is 10.3 Å². The molecule has 0 spiro atoms. The zero-order valence-corrected chi connectivity index (χ0v) is 10.0. The van der Waals surface area contributed by atoms with Crippen LogP contribution in [-0.4, -0.2) is 48.5 Å². The molecule has 2 aromatic heterocycles. The zero-order valence-electron chi connectivity index (χ0n) is 11.0. The summed E-state index contributed by atoms with van der Waals surface area (Å²) in [5, 5.41) is 19.0. The number of aliphatic hydroxyl groups excluding tert-OH is 2. The minimum Gasteiger partial charge on any atom is -0.394 e. The average molecular weight is 286 g/mol. The predicted molar refractivity (Wildman–Crippen MR) is 64.2 cm³/mol. The topological polar surface area (TPSA) is 139 Å². The van der Waals surface area contributed by atoms with E-state index in [2.05, 4.69) is 15.0 Å². The van der Waals surface area contributed by atoms with Crippen molar-refractivity contribution in [1.82, 2.24) is 19.5 Å². The second-order valence-corrected chi connectivity index (χ2v) is 4.40. The van der Waals surface area contributed by atoms with Crippen LogP contribution >= 0.6 is 0 Å². The summed E-state index contributed by atoms with van der Waals surface area (Å²) in [4.78, 5) is 21.3. The van der Waals surface area contributed by atoms with E-state index in [9.17, 15) is 14.3 Å². The van der Waals surface area contributed by atoms with Crippen molar-refractivity contribution >= 4 is 17.1 Å². The normalized spacial score (nSPS) is 32.5. The van der Waals surface area contributed by atoms with Gasteiger partial charge in [0.05, 0.1) is 14.1 Å². The molecule has 2 aromatic rings. The molecule has 1 aliphatic heterocycles. The number of nitrogens with zero attached hydrogens (tertiary/aromatic N) is 3. The molecule has 0 bridgehead atoms. The first-order chi connectivity index (χ1) is 9.83. The average Bonchev–Trinajstić information content (AvgIpc) is 2.93. The molecule has 3 heterocycles. The fraction of sp³-hybridized carbons (Fsp3) is 0.500. The minimum atomic E-state index is -2.80. The van der Waals surface area contributed by atoms with Gasteiger partial charge in [0.25, 0.3) is 5.56 Å². The van der Waals surface area contributed by atoms with Crippen molar-refractivity contribution in [3.8, 4) is 0 Å². The molecule has 1 aliphatic rings. The Hall–Kier alpha value is -2.04. The molecule has 0 aromatic carbocycles. The number of anilines is 1. The highest BCUT2D eigenvalue weighted by Crippen LogP contribution is 2.37. The summed E-state index contributed by atoms with van der Waals surface area (Å²) < 4.78 is 27.7. The number of aromatic nitrogens is 4. The van der Waals surface area contributed by atoms with E-state index in [1.165, 1.54) is 0 Å². The summed E-state index contributed by atoms with van der Waals surface area (Å²) in [5.41, 5.74) is 4.35. The molecule has 5 N–H and O–H groups in total. The highest BCUT2D eigenvalue weighted by Gasteiger charge is 2.51. The van der Waals surface area contributed by atoms with Crippen molar-refractivity contribution in [2.24, 2.45) is 0 Å². The smallest absolute Gasteiger partial charge is 0.322 e. The van der Waals surface area contributed by atoms with Gasteiger partial charge in [0.2, 0.25) is 5.95 Å². The number of aliphatic hydroxyl groups is 2. The first-order valence-corrected chi connectivity index (χ1v) is 5.71. The Labute approximate surface area is 112 Å². The molecular weight excluding hydrogens is 273 g/mol. The number of hydrogen-bond acceptors (Lipinski definition) is 7. The summed E-state index contributed by atoms with van der Waals surface area (Å²) in [5.74, 6) is -3.04. The van der Waals surface area contributed by atoms with Crippen molar-refractivity contribution in [2.45, 2.75) is 24.6 Å². The molecule has 0 saturated carbocycles. The molecule has 20 heavy (non-hydrogen) atoms. The van der Waals surface area contributed by atoms with E-state index in [4.69, 9.17) is 16.9 Å². The summed E-state index contributed by atoms with van der Waals surface area (Å²) in [6, 6.07) is 0. The van der Waals surface area contributed by atoms with Crippen molar-refractivity contribution in [3.05, 3.63) is 16.7 Å². The van der Waals surface area contributed by atoms with Crippen LogP contribution in [0.5, 0.6) is 0 Å². The second-order valence-electron chi connectivity index (χ2n) is 4.40. The number of alkyl halides is 1.